The highest BCUT2D eigenvalue weighted by atomic mass is 16.5. The first-order valence-electron chi connectivity index (χ1n) is 6.34. The Morgan fingerprint density at radius 3 is 2.32 bits per heavy atom. The first-order valence-corrected chi connectivity index (χ1v) is 6.34. The summed E-state index contributed by atoms with van der Waals surface area (Å²) >= 11 is 0. The zero-order chi connectivity index (χ0) is 14.3. The van der Waals surface area contributed by atoms with Crippen molar-refractivity contribution < 1.29 is 29.3 Å². The predicted molar refractivity (Wildman–Crippen MR) is 64.7 cm³/mol. The van der Waals surface area contributed by atoms with Crippen molar-refractivity contribution in [1.82, 2.24) is 4.90 Å². The molecule has 0 bridgehead atoms. The van der Waals surface area contributed by atoms with E-state index in [1.165, 1.54) is 4.90 Å². The van der Waals surface area contributed by atoms with E-state index in [1.807, 2.05) is 0 Å². The Hall–Kier alpha value is -1.63. The van der Waals surface area contributed by atoms with E-state index >= 15 is 0 Å². The molecule has 0 aromatic heterocycles. The number of hydrogen-bond acceptors (Lipinski definition) is 4. The topological polar surface area (TPSA) is 104 Å². The van der Waals surface area contributed by atoms with Crippen molar-refractivity contribution in [3.63, 3.8) is 0 Å². The van der Waals surface area contributed by atoms with Crippen molar-refractivity contribution in [3.8, 4) is 0 Å². The van der Waals surface area contributed by atoms with Gasteiger partial charge < -0.3 is 19.8 Å². The lowest BCUT2D eigenvalue weighted by Gasteiger charge is -2.24. The predicted octanol–water partition coefficient (Wildman–Crippen LogP) is 0.333. The molecular weight excluding hydrogens is 254 g/mol. The molecular formula is C12H19NO6. The van der Waals surface area contributed by atoms with E-state index in [2.05, 4.69) is 0 Å². The molecule has 1 atom stereocenters. The minimum absolute atomic E-state index is 0.0393. The summed E-state index contributed by atoms with van der Waals surface area (Å²) in [4.78, 5) is 34.5. The number of nitrogens with zero attached hydrogens (tertiary/aromatic N) is 1. The largest absolute Gasteiger partial charge is 0.481 e. The summed E-state index contributed by atoms with van der Waals surface area (Å²) in [6.45, 7) is 0.879. The van der Waals surface area contributed by atoms with E-state index in [1.54, 1.807) is 0 Å². The highest BCUT2D eigenvalue weighted by Gasteiger charge is 2.28. The van der Waals surface area contributed by atoms with Gasteiger partial charge in [0, 0.05) is 26.1 Å². The second kappa shape index (κ2) is 7.73. The molecule has 1 rings (SSSR count). The molecule has 0 spiro atoms. The fourth-order valence-corrected chi connectivity index (χ4v) is 1.96. The summed E-state index contributed by atoms with van der Waals surface area (Å²) in [7, 11) is 0. The fourth-order valence-electron chi connectivity index (χ4n) is 1.96. The van der Waals surface area contributed by atoms with Gasteiger partial charge in [-0.25, -0.2) is 0 Å². The molecule has 0 aromatic rings. The number of carboxylic acids is 2. The first kappa shape index (κ1) is 15.4. The molecule has 1 heterocycles. The van der Waals surface area contributed by atoms with Crippen molar-refractivity contribution in [1.29, 1.82) is 0 Å². The molecule has 1 amide bonds. The summed E-state index contributed by atoms with van der Waals surface area (Å²) in [5.41, 5.74) is 0. The second-order valence-corrected chi connectivity index (χ2v) is 4.47. The zero-order valence-electron chi connectivity index (χ0n) is 10.7. The molecule has 19 heavy (non-hydrogen) atoms. The standard InChI is InChI=1S/C12H19NO6/c14-10(15)4-1-6-13(7-5-11(16)17)12(18)9-3-2-8-19-9/h9H,1-8H2,(H,14,15)(H,16,17). The van der Waals surface area contributed by atoms with Crippen LogP contribution in [-0.2, 0) is 19.1 Å². The molecule has 1 unspecified atom stereocenters. The summed E-state index contributed by atoms with van der Waals surface area (Å²) in [5.74, 6) is -2.14. The van der Waals surface area contributed by atoms with E-state index in [9.17, 15) is 14.4 Å². The Morgan fingerprint density at radius 1 is 1.11 bits per heavy atom. The average Bonchev–Trinajstić information content (AvgIpc) is 2.85. The van der Waals surface area contributed by atoms with Gasteiger partial charge >= 0.3 is 11.9 Å². The Bertz CT molecular complexity index is 337. The number of carbonyl (C=O) groups excluding carboxylic acids is 1. The summed E-state index contributed by atoms with van der Waals surface area (Å²) in [6.07, 6.45) is 1.08. The lowest BCUT2D eigenvalue weighted by molar-refractivity contribution is -0.144. The van der Waals surface area contributed by atoms with Crippen LogP contribution in [0.15, 0.2) is 0 Å². The van der Waals surface area contributed by atoms with E-state index < -0.39 is 18.0 Å². The number of rotatable bonds is 8. The van der Waals surface area contributed by atoms with Crippen LogP contribution in [0.5, 0.6) is 0 Å². The van der Waals surface area contributed by atoms with Crippen molar-refractivity contribution in [2.24, 2.45) is 0 Å². The molecule has 1 aliphatic rings. The van der Waals surface area contributed by atoms with E-state index in [0.29, 0.717) is 19.4 Å². The Balaban J connectivity index is 2.48. The van der Waals surface area contributed by atoms with Gasteiger partial charge in [-0.3, -0.25) is 14.4 Å². The van der Waals surface area contributed by atoms with Gasteiger partial charge in [-0.1, -0.05) is 0 Å². The monoisotopic (exact) mass is 273 g/mol. The van der Waals surface area contributed by atoms with Crippen LogP contribution in [0, 0.1) is 0 Å². The third kappa shape index (κ3) is 5.69. The maximum atomic E-state index is 12.1. The molecule has 0 saturated carbocycles. The summed E-state index contributed by atoms with van der Waals surface area (Å²) < 4.78 is 5.27. The minimum Gasteiger partial charge on any atom is -0.481 e. The Morgan fingerprint density at radius 2 is 1.79 bits per heavy atom. The maximum absolute atomic E-state index is 12.1. The van der Waals surface area contributed by atoms with Crippen LogP contribution in [0.25, 0.3) is 0 Å². The molecule has 0 aromatic carbocycles. The molecule has 7 heteroatoms. The van der Waals surface area contributed by atoms with Crippen molar-refractivity contribution >= 4 is 17.8 Å². The third-order valence-corrected chi connectivity index (χ3v) is 2.93. The number of ether oxygens (including phenoxy) is 1. The lowest BCUT2D eigenvalue weighted by atomic mass is 10.2. The van der Waals surface area contributed by atoms with E-state index in [0.717, 1.165) is 6.42 Å². The van der Waals surface area contributed by atoms with Gasteiger partial charge in [-0.15, -0.1) is 0 Å². The van der Waals surface area contributed by atoms with Crippen LogP contribution < -0.4 is 0 Å². The van der Waals surface area contributed by atoms with Gasteiger partial charge in [0.25, 0.3) is 5.91 Å². The van der Waals surface area contributed by atoms with E-state index in [4.69, 9.17) is 14.9 Å². The third-order valence-electron chi connectivity index (χ3n) is 2.93. The number of aliphatic carboxylic acids is 2. The van der Waals surface area contributed by atoms with Gasteiger partial charge in [0.15, 0.2) is 0 Å². The van der Waals surface area contributed by atoms with Gasteiger partial charge in [0.2, 0.25) is 0 Å². The van der Waals surface area contributed by atoms with Crippen molar-refractivity contribution in [2.45, 2.75) is 38.2 Å². The summed E-state index contributed by atoms with van der Waals surface area (Å²) in [5, 5.41) is 17.2. The zero-order valence-corrected chi connectivity index (χ0v) is 10.7. The van der Waals surface area contributed by atoms with Gasteiger partial charge in [-0.05, 0) is 19.3 Å². The van der Waals surface area contributed by atoms with Crippen LogP contribution in [0.2, 0.25) is 0 Å². The van der Waals surface area contributed by atoms with Crippen molar-refractivity contribution in [2.75, 3.05) is 19.7 Å². The van der Waals surface area contributed by atoms with Gasteiger partial charge in [-0.2, -0.15) is 0 Å². The minimum atomic E-state index is -0.983. The van der Waals surface area contributed by atoms with Gasteiger partial charge in [0.1, 0.15) is 6.10 Å². The number of amides is 1. The number of carboxylic acid groups (broad SMARTS) is 2. The quantitative estimate of drug-likeness (QED) is 0.660. The van der Waals surface area contributed by atoms with E-state index in [-0.39, 0.29) is 31.8 Å². The van der Waals surface area contributed by atoms with Crippen LogP contribution in [0.3, 0.4) is 0 Å². The highest BCUT2D eigenvalue weighted by molar-refractivity contribution is 5.81. The van der Waals surface area contributed by atoms with Crippen molar-refractivity contribution in [3.05, 3.63) is 0 Å². The molecule has 1 aliphatic heterocycles. The SMILES string of the molecule is O=C(O)CCCN(CCC(=O)O)C(=O)C1CCCO1. The average molecular weight is 273 g/mol. The van der Waals surface area contributed by atoms with Crippen LogP contribution in [-0.4, -0.2) is 58.8 Å². The van der Waals surface area contributed by atoms with Crippen LogP contribution in [0.4, 0.5) is 0 Å². The molecule has 2 N–H and O–H groups in total. The Labute approximate surface area is 111 Å². The van der Waals surface area contributed by atoms with Crippen LogP contribution >= 0.6 is 0 Å². The molecule has 0 aliphatic carbocycles. The first-order chi connectivity index (χ1) is 9.00. The van der Waals surface area contributed by atoms with Gasteiger partial charge in [0.05, 0.1) is 6.42 Å². The normalized spacial score (nSPS) is 18.2. The number of hydrogen-bond donors (Lipinski definition) is 2. The fraction of sp³-hybridized carbons (Fsp3) is 0.750. The summed E-state index contributed by atoms with van der Waals surface area (Å²) in [6, 6.07) is 0. The number of carbonyl (C=O) groups is 3. The molecule has 1 fully saturated rings. The maximum Gasteiger partial charge on any atom is 0.305 e. The molecule has 1 saturated heterocycles. The Kier molecular flexibility index (Phi) is 6.27. The smallest absolute Gasteiger partial charge is 0.305 e. The molecule has 7 nitrogen and oxygen atoms in total. The molecule has 0 radical (unpaired) electrons. The lowest BCUT2D eigenvalue weighted by Crippen LogP contribution is -2.40. The van der Waals surface area contributed by atoms with Crippen LogP contribution in [0.1, 0.15) is 32.1 Å². The molecule has 108 valence electrons. The second-order valence-electron chi connectivity index (χ2n) is 4.47. The highest BCUT2D eigenvalue weighted by Crippen LogP contribution is 2.15.